The van der Waals surface area contributed by atoms with E-state index in [2.05, 4.69) is 4.74 Å². The predicted octanol–water partition coefficient (Wildman–Crippen LogP) is 2.04. The molecule has 0 spiro atoms. The van der Waals surface area contributed by atoms with Crippen molar-refractivity contribution in [3.63, 3.8) is 0 Å². The monoisotopic (exact) mass is 174 g/mol. The van der Waals surface area contributed by atoms with Gasteiger partial charge in [0.05, 0.1) is 0 Å². The zero-order chi connectivity index (χ0) is 8.97. The van der Waals surface area contributed by atoms with Gasteiger partial charge in [0, 0.05) is 0 Å². The van der Waals surface area contributed by atoms with Crippen LogP contribution in [0.25, 0.3) is 0 Å². The SMILES string of the molecule is Oc1ccc(OCC(F)F)cc1. The average Bonchev–Trinajstić information content (AvgIpc) is 2.03. The Morgan fingerprint density at radius 2 is 1.83 bits per heavy atom. The molecular formula is C8H8F2O2. The van der Waals surface area contributed by atoms with E-state index in [-0.39, 0.29) is 5.75 Å². The highest BCUT2D eigenvalue weighted by Gasteiger charge is 2.02. The molecule has 1 aromatic carbocycles. The number of alkyl halides is 2. The smallest absolute Gasteiger partial charge is 0.272 e. The summed E-state index contributed by atoms with van der Waals surface area (Å²) in [4.78, 5) is 0. The number of aromatic hydroxyl groups is 1. The lowest BCUT2D eigenvalue weighted by atomic mass is 10.3. The van der Waals surface area contributed by atoms with Crippen LogP contribution in [0.1, 0.15) is 0 Å². The molecule has 0 fully saturated rings. The van der Waals surface area contributed by atoms with Gasteiger partial charge in [-0.15, -0.1) is 0 Å². The summed E-state index contributed by atoms with van der Waals surface area (Å²) < 4.78 is 27.9. The van der Waals surface area contributed by atoms with Crippen LogP contribution in [0, 0.1) is 0 Å². The minimum atomic E-state index is -2.47. The molecule has 1 N–H and O–H groups in total. The Balaban J connectivity index is 2.48. The fraction of sp³-hybridized carbons (Fsp3) is 0.250. The zero-order valence-electron chi connectivity index (χ0n) is 6.21. The maximum atomic E-state index is 11.6. The molecule has 0 aliphatic heterocycles. The van der Waals surface area contributed by atoms with E-state index >= 15 is 0 Å². The van der Waals surface area contributed by atoms with Crippen LogP contribution in [0.2, 0.25) is 0 Å². The van der Waals surface area contributed by atoms with Gasteiger partial charge in [0.15, 0.2) is 0 Å². The first-order valence-corrected chi connectivity index (χ1v) is 3.38. The largest absolute Gasteiger partial charge is 0.508 e. The zero-order valence-corrected chi connectivity index (χ0v) is 6.21. The van der Waals surface area contributed by atoms with Gasteiger partial charge in [-0.1, -0.05) is 0 Å². The summed E-state index contributed by atoms with van der Waals surface area (Å²) in [5, 5.41) is 8.83. The van der Waals surface area contributed by atoms with Crippen LogP contribution < -0.4 is 4.74 Å². The standard InChI is InChI=1S/C8H8F2O2/c9-8(10)5-12-7-3-1-6(11)2-4-7/h1-4,8,11H,5H2. The summed E-state index contributed by atoms with van der Waals surface area (Å²) in [6.45, 7) is -0.620. The van der Waals surface area contributed by atoms with Crippen molar-refractivity contribution >= 4 is 0 Å². The van der Waals surface area contributed by atoms with E-state index in [1.807, 2.05) is 0 Å². The predicted molar refractivity (Wildman–Crippen MR) is 39.6 cm³/mol. The van der Waals surface area contributed by atoms with Crippen molar-refractivity contribution in [3.05, 3.63) is 24.3 Å². The minimum Gasteiger partial charge on any atom is -0.508 e. The molecule has 0 aromatic heterocycles. The molecule has 66 valence electrons. The van der Waals surface area contributed by atoms with Gasteiger partial charge in [0.1, 0.15) is 18.1 Å². The highest BCUT2D eigenvalue weighted by molar-refractivity contribution is 5.29. The van der Waals surface area contributed by atoms with Crippen LogP contribution in [0.15, 0.2) is 24.3 Å². The molecule has 0 radical (unpaired) electrons. The van der Waals surface area contributed by atoms with Crippen LogP contribution in [0.4, 0.5) is 8.78 Å². The van der Waals surface area contributed by atoms with E-state index in [1.54, 1.807) is 0 Å². The van der Waals surface area contributed by atoms with Gasteiger partial charge in [-0.2, -0.15) is 0 Å². The number of rotatable bonds is 3. The van der Waals surface area contributed by atoms with Gasteiger partial charge in [-0.3, -0.25) is 0 Å². The van der Waals surface area contributed by atoms with Gasteiger partial charge in [-0.05, 0) is 24.3 Å². The highest BCUT2D eigenvalue weighted by Crippen LogP contribution is 2.16. The van der Waals surface area contributed by atoms with Crippen molar-refractivity contribution in [3.8, 4) is 11.5 Å². The highest BCUT2D eigenvalue weighted by atomic mass is 19.3. The molecule has 0 aliphatic rings. The van der Waals surface area contributed by atoms with Gasteiger partial charge < -0.3 is 9.84 Å². The molecule has 0 saturated carbocycles. The number of phenolic OH excluding ortho intramolecular Hbond substituents is 1. The molecule has 0 amide bonds. The number of ether oxygens (including phenoxy) is 1. The van der Waals surface area contributed by atoms with Crippen molar-refractivity contribution in [2.24, 2.45) is 0 Å². The molecule has 0 atom stereocenters. The van der Waals surface area contributed by atoms with Gasteiger partial charge in [0.2, 0.25) is 0 Å². The van der Waals surface area contributed by atoms with Crippen LogP contribution in [-0.2, 0) is 0 Å². The van der Waals surface area contributed by atoms with Crippen molar-refractivity contribution < 1.29 is 18.6 Å². The van der Waals surface area contributed by atoms with Gasteiger partial charge in [0.25, 0.3) is 6.43 Å². The van der Waals surface area contributed by atoms with Crippen LogP contribution >= 0.6 is 0 Å². The summed E-state index contributed by atoms with van der Waals surface area (Å²) in [5.41, 5.74) is 0. The van der Waals surface area contributed by atoms with Crippen molar-refractivity contribution in [1.29, 1.82) is 0 Å². The number of hydrogen-bond acceptors (Lipinski definition) is 2. The number of halogens is 2. The Hall–Kier alpha value is -1.32. The fourth-order valence-corrected chi connectivity index (χ4v) is 0.702. The summed E-state index contributed by atoms with van der Waals surface area (Å²) in [6, 6.07) is 5.61. The molecule has 0 saturated heterocycles. The Morgan fingerprint density at radius 3 is 2.33 bits per heavy atom. The van der Waals surface area contributed by atoms with Crippen molar-refractivity contribution in [2.45, 2.75) is 6.43 Å². The molecule has 0 aliphatic carbocycles. The lowest BCUT2D eigenvalue weighted by Gasteiger charge is -2.04. The number of benzene rings is 1. The first-order chi connectivity index (χ1) is 5.68. The summed E-state index contributed by atoms with van der Waals surface area (Å²) in [6.07, 6.45) is -2.47. The molecule has 12 heavy (non-hydrogen) atoms. The van der Waals surface area contributed by atoms with Crippen molar-refractivity contribution in [1.82, 2.24) is 0 Å². The third-order valence-corrected chi connectivity index (χ3v) is 1.21. The molecule has 0 bridgehead atoms. The van der Waals surface area contributed by atoms with E-state index in [0.717, 1.165) is 0 Å². The lowest BCUT2D eigenvalue weighted by Crippen LogP contribution is -2.06. The van der Waals surface area contributed by atoms with Crippen LogP contribution in [-0.4, -0.2) is 18.1 Å². The van der Waals surface area contributed by atoms with E-state index in [0.29, 0.717) is 5.75 Å². The summed E-state index contributed by atoms with van der Waals surface area (Å²) in [5.74, 6) is 0.410. The molecule has 1 aromatic rings. The van der Waals surface area contributed by atoms with E-state index in [9.17, 15) is 8.78 Å². The summed E-state index contributed by atoms with van der Waals surface area (Å²) in [7, 11) is 0. The van der Waals surface area contributed by atoms with Crippen molar-refractivity contribution in [2.75, 3.05) is 6.61 Å². The maximum absolute atomic E-state index is 11.6. The quantitative estimate of drug-likeness (QED) is 0.759. The van der Waals surface area contributed by atoms with E-state index in [4.69, 9.17) is 5.11 Å². The Bertz CT molecular complexity index is 233. The third kappa shape index (κ3) is 2.74. The first kappa shape index (κ1) is 8.77. The molecule has 4 heteroatoms. The third-order valence-electron chi connectivity index (χ3n) is 1.21. The van der Waals surface area contributed by atoms with Crippen LogP contribution in [0.5, 0.6) is 11.5 Å². The molecular weight excluding hydrogens is 166 g/mol. The van der Waals surface area contributed by atoms with Gasteiger partial charge in [-0.25, -0.2) is 8.78 Å². The topological polar surface area (TPSA) is 29.5 Å². The van der Waals surface area contributed by atoms with E-state index < -0.39 is 13.0 Å². The second kappa shape index (κ2) is 3.90. The molecule has 0 unspecified atom stereocenters. The Kier molecular flexibility index (Phi) is 2.85. The average molecular weight is 174 g/mol. The number of phenols is 1. The normalized spacial score (nSPS) is 10.2. The molecule has 1 rings (SSSR count). The second-order valence-electron chi connectivity index (χ2n) is 2.20. The second-order valence-corrected chi connectivity index (χ2v) is 2.20. The van der Waals surface area contributed by atoms with Gasteiger partial charge >= 0.3 is 0 Å². The van der Waals surface area contributed by atoms with Crippen LogP contribution in [0.3, 0.4) is 0 Å². The molecule has 2 nitrogen and oxygen atoms in total. The molecule has 0 heterocycles. The Morgan fingerprint density at radius 1 is 1.25 bits per heavy atom. The summed E-state index contributed by atoms with van der Waals surface area (Å²) >= 11 is 0. The van der Waals surface area contributed by atoms with E-state index in [1.165, 1.54) is 24.3 Å². The lowest BCUT2D eigenvalue weighted by molar-refractivity contribution is 0.0819. The Labute approximate surface area is 68.4 Å². The fourth-order valence-electron chi connectivity index (χ4n) is 0.702. The maximum Gasteiger partial charge on any atom is 0.272 e. The number of hydrogen-bond donors (Lipinski definition) is 1. The minimum absolute atomic E-state index is 0.0828. The first-order valence-electron chi connectivity index (χ1n) is 3.38.